The molecule has 0 saturated heterocycles. The van der Waals surface area contributed by atoms with Crippen LogP contribution in [0.2, 0.25) is 0 Å². The standard InChI is InChI=1S/C23H21N5O2/c1-14-22(29)27(3)18-11-12-19(25-21(18)26(14)2)28-20(17-10-6-7-13-24-17)15-8-4-5-9-16(15)23(28)30/h4-14,20H,1-3H3/t14-,20?/m1/s1. The van der Waals surface area contributed by atoms with Crippen LogP contribution in [0.4, 0.5) is 17.3 Å². The molecule has 0 radical (unpaired) electrons. The zero-order chi connectivity index (χ0) is 21.0. The third kappa shape index (κ3) is 2.51. The fourth-order valence-electron chi connectivity index (χ4n) is 4.22. The molecule has 2 atom stereocenters. The molecule has 30 heavy (non-hydrogen) atoms. The Bertz CT molecular complexity index is 1160. The summed E-state index contributed by atoms with van der Waals surface area (Å²) in [5.74, 6) is 1.11. The number of fused-ring (bicyclic) bond motifs is 2. The number of likely N-dealkylation sites (N-methyl/N-ethyl adjacent to an activating group) is 2. The van der Waals surface area contributed by atoms with Gasteiger partial charge in [-0.2, -0.15) is 0 Å². The molecule has 0 fully saturated rings. The molecule has 150 valence electrons. The zero-order valence-corrected chi connectivity index (χ0v) is 17.0. The summed E-state index contributed by atoms with van der Waals surface area (Å²) in [5, 5.41) is 0. The van der Waals surface area contributed by atoms with Crippen molar-refractivity contribution in [3.05, 3.63) is 77.6 Å². The molecule has 3 aromatic rings. The van der Waals surface area contributed by atoms with E-state index in [4.69, 9.17) is 4.98 Å². The summed E-state index contributed by atoms with van der Waals surface area (Å²) in [6.07, 6.45) is 1.73. The summed E-state index contributed by atoms with van der Waals surface area (Å²) in [5.41, 5.74) is 3.07. The fraction of sp³-hybridized carbons (Fsp3) is 0.217. The Kier molecular flexibility index (Phi) is 4.06. The number of amides is 2. The van der Waals surface area contributed by atoms with E-state index >= 15 is 0 Å². The second kappa shape index (κ2) is 6.66. The first kappa shape index (κ1) is 18.3. The minimum Gasteiger partial charge on any atom is -0.346 e. The van der Waals surface area contributed by atoms with Crippen LogP contribution in [0.25, 0.3) is 0 Å². The SMILES string of the molecule is C[C@@H]1C(=O)N(C)c2ccc(N3C(=O)c4ccccc4C3c3ccccn3)nc2N1C. The Morgan fingerprint density at radius 2 is 1.70 bits per heavy atom. The van der Waals surface area contributed by atoms with E-state index in [1.807, 2.05) is 67.4 Å². The molecule has 2 aromatic heterocycles. The van der Waals surface area contributed by atoms with Crippen molar-refractivity contribution < 1.29 is 9.59 Å². The van der Waals surface area contributed by atoms with E-state index in [0.717, 1.165) is 16.9 Å². The molecule has 2 aliphatic rings. The van der Waals surface area contributed by atoms with E-state index in [0.29, 0.717) is 17.2 Å². The van der Waals surface area contributed by atoms with Crippen LogP contribution < -0.4 is 14.7 Å². The lowest BCUT2D eigenvalue weighted by atomic mass is 10.0. The minimum atomic E-state index is -0.355. The molecule has 2 aliphatic heterocycles. The average Bonchev–Trinajstić information content (AvgIpc) is 3.09. The number of nitrogens with zero attached hydrogens (tertiary/aromatic N) is 5. The molecule has 0 bridgehead atoms. The first-order valence-electron chi connectivity index (χ1n) is 9.84. The summed E-state index contributed by atoms with van der Waals surface area (Å²) in [6, 6.07) is 16.3. The van der Waals surface area contributed by atoms with Crippen LogP contribution in [0.15, 0.2) is 60.8 Å². The van der Waals surface area contributed by atoms with Gasteiger partial charge in [-0.05, 0) is 42.8 Å². The summed E-state index contributed by atoms with van der Waals surface area (Å²) in [4.78, 5) is 40.4. The number of rotatable bonds is 2. The van der Waals surface area contributed by atoms with Gasteiger partial charge in [-0.25, -0.2) is 4.98 Å². The van der Waals surface area contributed by atoms with E-state index in [9.17, 15) is 9.59 Å². The minimum absolute atomic E-state index is 0.00978. The molecule has 7 heteroatoms. The molecule has 5 rings (SSSR count). The van der Waals surface area contributed by atoms with Gasteiger partial charge in [0.25, 0.3) is 5.91 Å². The topological polar surface area (TPSA) is 69.6 Å². The van der Waals surface area contributed by atoms with Gasteiger partial charge in [-0.3, -0.25) is 19.5 Å². The van der Waals surface area contributed by atoms with Gasteiger partial charge in [0, 0.05) is 25.9 Å². The number of anilines is 3. The summed E-state index contributed by atoms with van der Waals surface area (Å²) < 4.78 is 0. The normalized spacial score (nSPS) is 20.4. The van der Waals surface area contributed by atoms with Gasteiger partial charge in [-0.15, -0.1) is 0 Å². The molecular formula is C23H21N5O2. The third-order valence-electron chi connectivity index (χ3n) is 5.98. The molecule has 0 saturated carbocycles. The Labute approximate surface area is 174 Å². The van der Waals surface area contributed by atoms with Crippen LogP contribution in [-0.4, -0.2) is 41.9 Å². The molecule has 0 aliphatic carbocycles. The monoisotopic (exact) mass is 399 g/mol. The van der Waals surface area contributed by atoms with Crippen molar-refractivity contribution in [2.75, 3.05) is 28.8 Å². The van der Waals surface area contributed by atoms with Crippen molar-refractivity contribution in [3.63, 3.8) is 0 Å². The van der Waals surface area contributed by atoms with Crippen molar-refractivity contribution in [1.29, 1.82) is 0 Å². The number of hydrogen-bond donors (Lipinski definition) is 0. The van der Waals surface area contributed by atoms with Crippen molar-refractivity contribution in [2.45, 2.75) is 19.0 Å². The van der Waals surface area contributed by atoms with Crippen molar-refractivity contribution in [2.24, 2.45) is 0 Å². The highest BCUT2D eigenvalue weighted by molar-refractivity contribution is 6.11. The van der Waals surface area contributed by atoms with Crippen LogP contribution in [-0.2, 0) is 4.79 Å². The molecule has 0 spiro atoms. The maximum Gasteiger partial charge on any atom is 0.260 e. The lowest BCUT2D eigenvalue weighted by Crippen LogP contribution is -2.49. The highest BCUT2D eigenvalue weighted by atomic mass is 16.2. The largest absolute Gasteiger partial charge is 0.346 e. The lowest BCUT2D eigenvalue weighted by Gasteiger charge is -2.37. The maximum atomic E-state index is 13.4. The van der Waals surface area contributed by atoms with E-state index in [2.05, 4.69) is 4.98 Å². The zero-order valence-electron chi connectivity index (χ0n) is 17.0. The predicted molar refractivity (Wildman–Crippen MR) is 115 cm³/mol. The maximum absolute atomic E-state index is 13.4. The second-order valence-electron chi connectivity index (χ2n) is 7.62. The fourth-order valence-corrected chi connectivity index (χ4v) is 4.22. The van der Waals surface area contributed by atoms with Gasteiger partial charge in [0.2, 0.25) is 5.91 Å². The number of benzene rings is 1. The summed E-state index contributed by atoms with van der Waals surface area (Å²) in [6.45, 7) is 1.85. The van der Waals surface area contributed by atoms with Gasteiger partial charge < -0.3 is 9.80 Å². The van der Waals surface area contributed by atoms with E-state index in [1.54, 1.807) is 29.1 Å². The van der Waals surface area contributed by atoms with Gasteiger partial charge in [-0.1, -0.05) is 24.3 Å². The Morgan fingerprint density at radius 1 is 0.933 bits per heavy atom. The van der Waals surface area contributed by atoms with Crippen molar-refractivity contribution >= 4 is 29.1 Å². The Balaban J connectivity index is 1.67. The summed E-state index contributed by atoms with van der Waals surface area (Å²) >= 11 is 0. The van der Waals surface area contributed by atoms with Crippen molar-refractivity contribution in [3.8, 4) is 0 Å². The Morgan fingerprint density at radius 3 is 2.47 bits per heavy atom. The molecular weight excluding hydrogens is 378 g/mol. The van der Waals surface area contributed by atoms with Gasteiger partial charge in [0.1, 0.15) is 17.9 Å². The average molecular weight is 399 g/mol. The van der Waals surface area contributed by atoms with Gasteiger partial charge in [0.05, 0.1) is 11.4 Å². The quantitative estimate of drug-likeness (QED) is 0.663. The van der Waals surface area contributed by atoms with Gasteiger partial charge >= 0.3 is 0 Å². The van der Waals surface area contributed by atoms with Crippen LogP contribution in [0.3, 0.4) is 0 Å². The number of aromatic nitrogens is 2. The number of carbonyl (C=O) groups excluding carboxylic acids is 2. The highest BCUT2D eigenvalue weighted by Gasteiger charge is 2.41. The molecule has 0 N–H and O–H groups in total. The van der Waals surface area contributed by atoms with Crippen LogP contribution in [0.1, 0.15) is 34.6 Å². The van der Waals surface area contributed by atoms with Crippen LogP contribution >= 0.6 is 0 Å². The number of carbonyl (C=O) groups is 2. The van der Waals surface area contributed by atoms with Crippen LogP contribution in [0.5, 0.6) is 0 Å². The van der Waals surface area contributed by atoms with E-state index in [-0.39, 0.29) is 23.9 Å². The van der Waals surface area contributed by atoms with E-state index in [1.165, 1.54) is 0 Å². The molecule has 2 amide bonds. The molecule has 1 unspecified atom stereocenters. The van der Waals surface area contributed by atoms with Crippen LogP contribution in [0, 0.1) is 0 Å². The summed E-state index contributed by atoms with van der Waals surface area (Å²) in [7, 11) is 3.60. The molecule has 1 aromatic carbocycles. The number of hydrogen-bond acceptors (Lipinski definition) is 5. The first-order valence-corrected chi connectivity index (χ1v) is 9.84. The van der Waals surface area contributed by atoms with Crippen molar-refractivity contribution in [1.82, 2.24) is 9.97 Å². The second-order valence-corrected chi connectivity index (χ2v) is 7.62. The predicted octanol–water partition coefficient (Wildman–Crippen LogP) is 3.03. The number of pyridine rings is 2. The third-order valence-corrected chi connectivity index (χ3v) is 5.98. The Hall–Kier alpha value is -3.74. The van der Waals surface area contributed by atoms with E-state index < -0.39 is 0 Å². The highest BCUT2D eigenvalue weighted by Crippen LogP contribution is 2.42. The van der Waals surface area contributed by atoms with Gasteiger partial charge in [0.15, 0.2) is 5.82 Å². The lowest BCUT2D eigenvalue weighted by molar-refractivity contribution is -0.119. The molecule has 4 heterocycles. The first-order chi connectivity index (χ1) is 14.5. The smallest absolute Gasteiger partial charge is 0.260 e. The molecule has 7 nitrogen and oxygen atoms in total.